The summed E-state index contributed by atoms with van der Waals surface area (Å²) in [6.45, 7) is 0. The second kappa shape index (κ2) is 9.92. The zero-order valence-corrected chi connectivity index (χ0v) is 16.5. The lowest BCUT2D eigenvalue weighted by Gasteiger charge is -2.08. The predicted octanol–water partition coefficient (Wildman–Crippen LogP) is 4.65. The van der Waals surface area contributed by atoms with Gasteiger partial charge in [-0.1, -0.05) is 29.8 Å². The Morgan fingerprint density at radius 3 is 2.36 bits per heavy atom. The van der Waals surface area contributed by atoms with E-state index in [0.29, 0.717) is 16.4 Å². The van der Waals surface area contributed by atoms with E-state index in [1.165, 1.54) is 11.8 Å². The summed E-state index contributed by atoms with van der Waals surface area (Å²) in [5.41, 5.74) is 2.29. The number of benzene rings is 2. The molecule has 1 aromatic heterocycles. The van der Waals surface area contributed by atoms with Crippen LogP contribution in [0.15, 0.2) is 78.0 Å². The number of thioether (sulfide) groups is 1. The Labute approximate surface area is 172 Å². The van der Waals surface area contributed by atoms with Crippen molar-refractivity contribution >= 4 is 46.6 Å². The molecule has 0 fully saturated rings. The first-order valence-corrected chi connectivity index (χ1v) is 9.92. The third-order valence-electron chi connectivity index (χ3n) is 3.73. The number of amides is 2. The van der Waals surface area contributed by atoms with E-state index in [9.17, 15) is 9.59 Å². The van der Waals surface area contributed by atoms with Crippen LogP contribution in [0.4, 0.5) is 11.4 Å². The Balaban J connectivity index is 1.51. The molecule has 0 radical (unpaired) electrons. The second-order valence-electron chi connectivity index (χ2n) is 5.95. The van der Waals surface area contributed by atoms with Gasteiger partial charge in [0.1, 0.15) is 0 Å². The number of anilines is 2. The summed E-state index contributed by atoms with van der Waals surface area (Å²) in [6, 6.07) is 18.1. The first-order valence-electron chi connectivity index (χ1n) is 8.55. The minimum absolute atomic E-state index is 0.103. The van der Waals surface area contributed by atoms with Crippen LogP contribution in [0.1, 0.15) is 5.56 Å². The topological polar surface area (TPSA) is 71.1 Å². The maximum Gasteiger partial charge on any atom is 0.234 e. The largest absolute Gasteiger partial charge is 0.326 e. The molecule has 0 aliphatic rings. The van der Waals surface area contributed by atoms with Crippen LogP contribution >= 0.6 is 23.4 Å². The van der Waals surface area contributed by atoms with Gasteiger partial charge in [-0.05, 0) is 48.0 Å². The van der Waals surface area contributed by atoms with Crippen LogP contribution in [0, 0.1) is 0 Å². The molecule has 7 heteroatoms. The zero-order chi connectivity index (χ0) is 19.8. The van der Waals surface area contributed by atoms with Gasteiger partial charge in [0.15, 0.2) is 0 Å². The molecule has 0 bridgehead atoms. The number of nitrogens with zero attached hydrogens (tertiary/aromatic N) is 1. The van der Waals surface area contributed by atoms with E-state index in [0.717, 1.165) is 10.5 Å². The van der Waals surface area contributed by atoms with Crippen LogP contribution in [-0.2, 0) is 16.0 Å². The van der Waals surface area contributed by atoms with E-state index < -0.39 is 0 Å². The molecule has 0 aliphatic heterocycles. The fourth-order valence-electron chi connectivity index (χ4n) is 2.44. The molecular formula is C21H18ClN3O2S. The molecule has 0 saturated carbocycles. The number of hydrogen-bond acceptors (Lipinski definition) is 4. The van der Waals surface area contributed by atoms with Crippen molar-refractivity contribution in [3.63, 3.8) is 0 Å². The number of hydrogen-bond donors (Lipinski definition) is 2. The average molecular weight is 412 g/mol. The number of halogens is 1. The van der Waals surface area contributed by atoms with E-state index in [1.54, 1.807) is 36.7 Å². The van der Waals surface area contributed by atoms with Crippen molar-refractivity contribution < 1.29 is 9.59 Å². The first kappa shape index (κ1) is 19.9. The number of carbonyl (C=O) groups is 2. The van der Waals surface area contributed by atoms with E-state index in [-0.39, 0.29) is 24.0 Å². The van der Waals surface area contributed by atoms with Crippen LogP contribution in [-0.4, -0.2) is 22.6 Å². The molecule has 142 valence electrons. The Morgan fingerprint density at radius 1 is 0.893 bits per heavy atom. The highest BCUT2D eigenvalue weighted by atomic mass is 35.5. The van der Waals surface area contributed by atoms with Gasteiger partial charge in [-0.3, -0.25) is 14.6 Å². The lowest BCUT2D eigenvalue weighted by molar-refractivity contribution is -0.115. The summed E-state index contributed by atoms with van der Waals surface area (Å²) in [5.74, 6) is 0.0538. The molecule has 5 nitrogen and oxygen atoms in total. The molecule has 3 aromatic rings. The van der Waals surface area contributed by atoms with Crippen LogP contribution in [0.2, 0.25) is 5.02 Å². The standard InChI is InChI=1S/C21H18ClN3O2S/c22-16-6-4-15(5-7-16)12-20(26)25-18-2-1-3-19(13-18)28-14-21(27)24-17-8-10-23-11-9-17/h1-11,13H,12,14H2,(H,25,26)(H,23,24,27). The van der Waals surface area contributed by atoms with Gasteiger partial charge in [0, 0.05) is 33.7 Å². The first-order chi connectivity index (χ1) is 13.6. The van der Waals surface area contributed by atoms with Crippen LogP contribution in [0.5, 0.6) is 0 Å². The second-order valence-corrected chi connectivity index (χ2v) is 7.44. The highest BCUT2D eigenvalue weighted by Gasteiger charge is 2.07. The number of aromatic nitrogens is 1. The molecule has 0 saturated heterocycles. The van der Waals surface area contributed by atoms with Crippen molar-refractivity contribution in [2.24, 2.45) is 0 Å². The summed E-state index contributed by atoms with van der Waals surface area (Å²) in [4.78, 5) is 29.1. The summed E-state index contributed by atoms with van der Waals surface area (Å²) in [7, 11) is 0. The Kier molecular flexibility index (Phi) is 7.06. The van der Waals surface area contributed by atoms with Crippen molar-refractivity contribution in [1.82, 2.24) is 4.98 Å². The summed E-state index contributed by atoms with van der Waals surface area (Å²) < 4.78 is 0. The Hall–Kier alpha value is -2.83. The maximum absolute atomic E-state index is 12.2. The smallest absolute Gasteiger partial charge is 0.234 e. The Morgan fingerprint density at radius 2 is 1.61 bits per heavy atom. The highest BCUT2D eigenvalue weighted by Crippen LogP contribution is 2.22. The van der Waals surface area contributed by atoms with E-state index in [2.05, 4.69) is 15.6 Å². The monoisotopic (exact) mass is 411 g/mol. The molecular weight excluding hydrogens is 394 g/mol. The fourth-order valence-corrected chi connectivity index (χ4v) is 3.32. The van der Waals surface area contributed by atoms with Gasteiger partial charge in [0.2, 0.25) is 11.8 Å². The SMILES string of the molecule is O=C(CSc1cccc(NC(=O)Cc2ccc(Cl)cc2)c1)Nc1ccncc1. The minimum Gasteiger partial charge on any atom is -0.326 e. The van der Waals surface area contributed by atoms with Gasteiger partial charge >= 0.3 is 0 Å². The summed E-state index contributed by atoms with van der Waals surface area (Å²) in [5, 5.41) is 6.33. The fraction of sp³-hybridized carbons (Fsp3) is 0.0952. The van der Waals surface area contributed by atoms with Crippen molar-refractivity contribution in [3.05, 3.63) is 83.6 Å². The van der Waals surface area contributed by atoms with Crippen molar-refractivity contribution in [2.45, 2.75) is 11.3 Å². The molecule has 2 aromatic carbocycles. The van der Waals surface area contributed by atoms with Crippen LogP contribution in [0.3, 0.4) is 0 Å². The van der Waals surface area contributed by atoms with Crippen LogP contribution < -0.4 is 10.6 Å². The normalized spacial score (nSPS) is 10.3. The van der Waals surface area contributed by atoms with E-state index in [4.69, 9.17) is 11.6 Å². The summed E-state index contributed by atoms with van der Waals surface area (Å²) in [6.07, 6.45) is 3.51. The molecule has 0 unspecified atom stereocenters. The van der Waals surface area contributed by atoms with Gasteiger partial charge in [0.05, 0.1) is 12.2 Å². The molecule has 2 N–H and O–H groups in total. The number of rotatable bonds is 7. The van der Waals surface area contributed by atoms with Gasteiger partial charge < -0.3 is 10.6 Å². The van der Waals surface area contributed by atoms with Crippen molar-refractivity contribution in [3.8, 4) is 0 Å². The van der Waals surface area contributed by atoms with Crippen LogP contribution in [0.25, 0.3) is 0 Å². The number of carbonyl (C=O) groups excluding carboxylic acids is 2. The third-order valence-corrected chi connectivity index (χ3v) is 4.98. The number of nitrogens with one attached hydrogen (secondary N) is 2. The van der Waals surface area contributed by atoms with Gasteiger partial charge in [0.25, 0.3) is 0 Å². The molecule has 3 rings (SSSR count). The van der Waals surface area contributed by atoms with Crippen molar-refractivity contribution in [1.29, 1.82) is 0 Å². The average Bonchev–Trinajstić information content (AvgIpc) is 2.69. The highest BCUT2D eigenvalue weighted by molar-refractivity contribution is 8.00. The minimum atomic E-state index is -0.111. The molecule has 1 heterocycles. The quantitative estimate of drug-likeness (QED) is 0.555. The third kappa shape index (κ3) is 6.40. The zero-order valence-electron chi connectivity index (χ0n) is 14.9. The maximum atomic E-state index is 12.2. The molecule has 2 amide bonds. The lowest BCUT2D eigenvalue weighted by Crippen LogP contribution is -2.15. The van der Waals surface area contributed by atoms with Crippen molar-refractivity contribution in [2.75, 3.05) is 16.4 Å². The van der Waals surface area contributed by atoms with Gasteiger partial charge in [-0.15, -0.1) is 11.8 Å². The van der Waals surface area contributed by atoms with Gasteiger partial charge in [-0.25, -0.2) is 0 Å². The molecule has 0 spiro atoms. The Bertz CT molecular complexity index is 949. The number of pyridine rings is 1. The van der Waals surface area contributed by atoms with Gasteiger partial charge in [-0.2, -0.15) is 0 Å². The summed E-state index contributed by atoms with van der Waals surface area (Å²) >= 11 is 7.26. The van der Waals surface area contributed by atoms with E-state index in [1.807, 2.05) is 36.4 Å². The van der Waals surface area contributed by atoms with E-state index >= 15 is 0 Å². The lowest BCUT2D eigenvalue weighted by atomic mass is 10.1. The molecule has 28 heavy (non-hydrogen) atoms. The predicted molar refractivity (Wildman–Crippen MR) is 114 cm³/mol. The molecule has 0 aliphatic carbocycles. The molecule has 0 atom stereocenters.